The molecule has 0 aliphatic heterocycles. The fraction of sp³-hybridized carbons (Fsp3) is 0.533. The van der Waals surface area contributed by atoms with Gasteiger partial charge in [-0.25, -0.2) is 0 Å². The molecule has 0 bridgehead atoms. The number of hydrogen-bond acceptors (Lipinski definition) is 3. The Bertz CT molecular complexity index is 468. The highest BCUT2D eigenvalue weighted by molar-refractivity contribution is 5.93. The number of benzene rings is 1. The normalized spacial score (nSPS) is 23.8. The van der Waals surface area contributed by atoms with Gasteiger partial charge in [0.25, 0.3) is 0 Å². The Morgan fingerprint density at radius 3 is 2.37 bits per heavy atom. The molecule has 19 heavy (non-hydrogen) atoms. The topological polar surface area (TPSA) is 64.3 Å². The lowest BCUT2D eigenvalue weighted by molar-refractivity contribution is -0.124. The predicted octanol–water partition coefficient (Wildman–Crippen LogP) is 1.44. The standard InChI is InChI=1S/C15H22N2O2/c1-14(2)10-15(14,13(18)17-9-8-16)11-4-6-12(19-3)7-5-11/h4-7H,8-10,16H2,1-3H3,(H,17,18)/t15-/m1/s1. The number of carbonyl (C=O) groups is 1. The van der Waals surface area contributed by atoms with Gasteiger partial charge in [0.1, 0.15) is 5.75 Å². The molecule has 1 aromatic carbocycles. The molecule has 1 saturated carbocycles. The molecule has 0 radical (unpaired) electrons. The van der Waals surface area contributed by atoms with Gasteiger partial charge in [-0.1, -0.05) is 26.0 Å². The van der Waals surface area contributed by atoms with Crippen LogP contribution in [0.4, 0.5) is 0 Å². The Morgan fingerprint density at radius 1 is 1.37 bits per heavy atom. The number of methoxy groups -OCH3 is 1. The fourth-order valence-corrected chi connectivity index (χ4v) is 2.84. The Kier molecular flexibility index (Phi) is 3.54. The molecule has 0 saturated heterocycles. The molecule has 4 heteroatoms. The Balaban J connectivity index is 2.27. The van der Waals surface area contributed by atoms with Crippen LogP contribution in [0, 0.1) is 5.41 Å². The summed E-state index contributed by atoms with van der Waals surface area (Å²) in [7, 11) is 1.64. The molecule has 1 atom stereocenters. The summed E-state index contributed by atoms with van der Waals surface area (Å²) in [5.41, 5.74) is 6.07. The van der Waals surface area contributed by atoms with Crippen LogP contribution in [0.15, 0.2) is 24.3 Å². The van der Waals surface area contributed by atoms with E-state index in [0.717, 1.165) is 17.7 Å². The van der Waals surface area contributed by atoms with Crippen molar-refractivity contribution in [3.05, 3.63) is 29.8 Å². The van der Waals surface area contributed by atoms with Crippen LogP contribution >= 0.6 is 0 Å². The summed E-state index contributed by atoms with van der Waals surface area (Å²) >= 11 is 0. The largest absolute Gasteiger partial charge is 0.497 e. The van der Waals surface area contributed by atoms with Gasteiger partial charge in [-0.2, -0.15) is 0 Å². The van der Waals surface area contributed by atoms with Crippen molar-refractivity contribution in [2.75, 3.05) is 20.2 Å². The van der Waals surface area contributed by atoms with E-state index in [0.29, 0.717) is 13.1 Å². The Labute approximate surface area is 114 Å². The molecule has 0 heterocycles. The minimum atomic E-state index is -0.422. The molecule has 1 fully saturated rings. The van der Waals surface area contributed by atoms with Gasteiger partial charge in [-0.05, 0) is 29.5 Å². The van der Waals surface area contributed by atoms with Crippen molar-refractivity contribution in [1.82, 2.24) is 5.32 Å². The van der Waals surface area contributed by atoms with Gasteiger partial charge in [0, 0.05) is 13.1 Å². The highest BCUT2D eigenvalue weighted by Crippen LogP contribution is 2.64. The molecule has 2 rings (SSSR count). The number of carbonyl (C=O) groups excluding carboxylic acids is 1. The van der Waals surface area contributed by atoms with Gasteiger partial charge in [0.2, 0.25) is 5.91 Å². The van der Waals surface area contributed by atoms with E-state index < -0.39 is 5.41 Å². The van der Waals surface area contributed by atoms with Crippen LogP contribution < -0.4 is 15.8 Å². The van der Waals surface area contributed by atoms with Crippen LogP contribution in [-0.4, -0.2) is 26.1 Å². The lowest BCUT2D eigenvalue weighted by Gasteiger charge is -2.20. The number of nitrogens with one attached hydrogen (secondary N) is 1. The molecule has 1 aromatic rings. The maximum atomic E-state index is 12.5. The predicted molar refractivity (Wildman–Crippen MR) is 75.1 cm³/mol. The summed E-state index contributed by atoms with van der Waals surface area (Å²) in [6.45, 7) is 5.23. The summed E-state index contributed by atoms with van der Waals surface area (Å²) in [4.78, 5) is 12.5. The average Bonchev–Trinajstić information content (AvgIpc) is 3.00. The van der Waals surface area contributed by atoms with Crippen molar-refractivity contribution in [1.29, 1.82) is 0 Å². The first-order valence-electron chi connectivity index (χ1n) is 6.61. The number of hydrogen-bond donors (Lipinski definition) is 2. The quantitative estimate of drug-likeness (QED) is 0.844. The van der Waals surface area contributed by atoms with E-state index in [1.165, 1.54) is 0 Å². The molecular formula is C15H22N2O2. The maximum Gasteiger partial charge on any atom is 0.231 e. The molecular weight excluding hydrogens is 240 g/mol. The van der Waals surface area contributed by atoms with Gasteiger partial charge in [0.15, 0.2) is 0 Å². The smallest absolute Gasteiger partial charge is 0.231 e. The summed E-state index contributed by atoms with van der Waals surface area (Å²) in [6.07, 6.45) is 0.864. The monoisotopic (exact) mass is 262 g/mol. The molecule has 0 spiro atoms. The minimum Gasteiger partial charge on any atom is -0.497 e. The van der Waals surface area contributed by atoms with Crippen LogP contribution in [-0.2, 0) is 10.2 Å². The average molecular weight is 262 g/mol. The maximum absolute atomic E-state index is 12.5. The van der Waals surface area contributed by atoms with E-state index in [1.807, 2.05) is 24.3 Å². The van der Waals surface area contributed by atoms with Crippen molar-refractivity contribution in [2.24, 2.45) is 11.1 Å². The van der Waals surface area contributed by atoms with Gasteiger partial charge in [-0.3, -0.25) is 4.79 Å². The molecule has 0 aromatic heterocycles. The van der Waals surface area contributed by atoms with E-state index in [1.54, 1.807) is 7.11 Å². The first-order valence-corrected chi connectivity index (χ1v) is 6.61. The zero-order valence-corrected chi connectivity index (χ0v) is 11.8. The van der Waals surface area contributed by atoms with Crippen LogP contribution in [0.1, 0.15) is 25.8 Å². The van der Waals surface area contributed by atoms with Crippen LogP contribution in [0.25, 0.3) is 0 Å². The van der Waals surface area contributed by atoms with Crippen LogP contribution in [0.3, 0.4) is 0 Å². The molecule has 1 amide bonds. The Hall–Kier alpha value is -1.55. The van der Waals surface area contributed by atoms with Crippen molar-refractivity contribution in [3.63, 3.8) is 0 Å². The second-order valence-electron chi connectivity index (χ2n) is 5.74. The van der Waals surface area contributed by atoms with E-state index in [-0.39, 0.29) is 11.3 Å². The number of rotatable bonds is 5. The SMILES string of the molecule is COc1ccc([C@@]2(C(=O)NCCN)CC2(C)C)cc1. The summed E-state index contributed by atoms with van der Waals surface area (Å²) in [5.74, 6) is 0.882. The zero-order chi connectivity index (χ0) is 14.1. The second-order valence-corrected chi connectivity index (χ2v) is 5.74. The number of nitrogens with two attached hydrogens (primary N) is 1. The fourth-order valence-electron chi connectivity index (χ4n) is 2.84. The van der Waals surface area contributed by atoms with Gasteiger partial charge < -0.3 is 15.8 Å². The van der Waals surface area contributed by atoms with Crippen LogP contribution in [0.5, 0.6) is 5.75 Å². The third-order valence-electron chi connectivity index (χ3n) is 4.14. The van der Waals surface area contributed by atoms with Crippen molar-refractivity contribution < 1.29 is 9.53 Å². The summed E-state index contributed by atoms with van der Waals surface area (Å²) in [5, 5.41) is 2.92. The molecule has 1 aliphatic carbocycles. The minimum absolute atomic E-state index is 0.0136. The third kappa shape index (κ3) is 2.21. The lowest BCUT2D eigenvalue weighted by atomic mass is 9.87. The van der Waals surface area contributed by atoms with E-state index >= 15 is 0 Å². The van der Waals surface area contributed by atoms with Crippen molar-refractivity contribution in [2.45, 2.75) is 25.7 Å². The van der Waals surface area contributed by atoms with Crippen LogP contribution in [0.2, 0.25) is 0 Å². The summed E-state index contributed by atoms with van der Waals surface area (Å²) in [6, 6.07) is 7.77. The first kappa shape index (κ1) is 13.9. The molecule has 0 unspecified atom stereocenters. The molecule has 3 N–H and O–H groups in total. The zero-order valence-electron chi connectivity index (χ0n) is 11.8. The molecule has 4 nitrogen and oxygen atoms in total. The van der Waals surface area contributed by atoms with E-state index in [4.69, 9.17) is 10.5 Å². The highest BCUT2D eigenvalue weighted by atomic mass is 16.5. The third-order valence-corrected chi connectivity index (χ3v) is 4.14. The van der Waals surface area contributed by atoms with Crippen molar-refractivity contribution in [3.8, 4) is 5.75 Å². The number of ether oxygens (including phenoxy) is 1. The van der Waals surface area contributed by atoms with Gasteiger partial charge in [-0.15, -0.1) is 0 Å². The highest BCUT2D eigenvalue weighted by Gasteiger charge is 2.66. The molecule has 104 valence electrons. The number of amides is 1. The van der Waals surface area contributed by atoms with Crippen molar-refractivity contribution >= 4 is 5.91 Å². The van der Waals surface area contributed by atoms with E-state index in [2.05, 4.69) is 19.2 Å². The van der Waals surface area contributed by atoms with Gasteiger partial charge >= 0.3 is 0 Å². The molecule has 1 aliphatic rings. The van der Waals surface area contributed by atoms with E-state index in [9.17, 15) is 4.79 Å². The first-order chi connectivity index (χ1) is 8.98. The Morgan fingerprint density at radius 2 is 1.95 bits per heavy atom. The summed E-state index contributed by atoms with van der Waals surface area (Å²) < 4.78 is 5.16. The lowest BCUT2D eigenvalue weighted by Crippen LogP contribution is -2.40. The van der Waals surface area contributed by atoms with Gasteiger partial charge in [0.05, 0.1) is 12.5 Å². The second kappa shape index (κ2) is 4.85.